The van der Waals surface area contributed by atoms with E-state index in [0.717, 1.165) is 36.5 Å². The average molecular weight is 308 g/mol. The maximum absolute atomic E-state index is 10.1. The number of hydrogen-bond donors (Lipinski definition) is 1. The van der Waals surface area contributed by atoms with Gasteiger partial charge in [-0.3, -0.25) is 4.79 Å². The second kappa shape index (κ2) is 9.96. The Labute approximate surface area is 135 Å². The van der Waals surface area contributed by atoms with E-state index in [1.165, 1.54) is 31.3 Å². The lowest BCUT2D eigenvalue weighted by molar-refractivity contribution is -0.105. The number of aliphatic hydroxyl groups is 1. The van der Waals surface area contributed by atoms with Gasteiger partial charge >= 0.3 is 0 Å². The highest BCUT2D eigenvalue weighted by Crippen LogP contribution is 2.44. The zero-order valence-corrected chi connectivity index (χ0v) is 14.4. The lowest BCUT2D eigenvalue weighted by atomic mass is 9.64. The van der Waals surface area contributed by atoms with Gasteiger partial charge in [0.2, 0.25) is 0 Å². The van der Waals surface area contributed by atoms with Crippen LogP contribution in [0.3, 0.4) is 0 Å². The van der Waals surface area contributed by atoms with Crippen molar-refractivity contribution in [3.8, 4) is 0 Å². The summed E-state index contributed by atoms with van der Waals surface area (Å²) in [5.41, 5.74) is 2.24. The number of carbonyl (C=O) groups is 1. The number of aliphatic hydroxyl groups excluding tert-OH is 1. The van der Waals surface area contributed by atoms with Gasteiger partial charge in [0, 0.05) is 7.11 Å². The topological polar surface area (TPSA) is 46.5 Å². The molecule has 0 amide bonds. The first-order chi connectivity index (χ1) is 10.5. The van der Waals surface area contributed by atoms with Gasteiger partial charge in [0.05, 0.1) is 12.7 Å². The summed E-state index contributed by atoms with van der Waals surface area (Å²) in [5.74, 6) is 2.13. The SMILES string of the molecule is C/C=C(/C=O)CCOC.C=C1CCC2C(CCC(O)C2C)C1. The summed E-state index contributed by atoms with van der Waals surface area (Å²) < 4.78 is 4.78. The minimum atomic E-state index is -0.0346. The van der Waals surface area contributed by atoms with Gasteiger partial charge in [-0.05, 0) is 68.8 Å². The van der Waals surface area contributed by atoms with Crippen LogP contribution in [0.4, 0.5) is 0 Å². The summed E-state index contributed by atoms with van der Waals surface area (Å²) in [6.07, 6.45) is 9.25. The quantitative estimate of drug-likeness (QED) is 0.486. The number of ether oxygens (including phenoxy) is 1. The molecule has 2 saturated carbocycles. The zero-order valence-electron chi connectivity index (χ0n) is 14.4. The molecule has 0 aromatic rings. The molecule has 0 saturated heterocycles. The molecule has 0 bridgehead atoms. The minimum Gasteiger partial charge on any atom is -0.393 e. The maximum atomic E-state index is 10.1. The molecular weight excluding hydrogens is 276 g/mol. The third-order valence-electron chi connectivity index (χ3n) is 5.22. The van der Waals surface area contributed by atoms with Crippen molar-refractivity contribution in [2.75, 3.05) is 13.7 Å². The molecule has 0 aliphatic heterocycles. The van der Waals surface area contributed by atoms with Crippen molar-refractivity contribution in [3.05, 3.63) is 23.8 Å². The summed E-state index contributed by atoms with van der Waals surface area (Å²) in [6, 6.07) is 0. The van der Waals surface area contributed by atoms with E-state index in [2.05, 4.69) is 13.5 Å². The van der Waals surface area contributed by atoms with Gasteiger partial charge in [0.1, 0.15) is 6.29 Å². The van der Waals surface area contributed by atoms with Crippen molar-refractivity contribution in [1.29, 1.82) is 0 Å². The maximum Gasteiger partial charge on any atom is 0.145 e. The van der Waals surface area contributed by atoms with Crippen molar-refractivity contribution in [2.24, 2.45) is 17.8 Å². The van der Waals surface area contributed by atoms with E-state index in [1.807, 2.05) is 6.92 Å². The van der Waals surface area contributed by atoms with E-state index in [-0.39, 0.29) is 6.10 Å². The summed E-state index contributed by atoms with van der Waals surface area (Å²) in [5, 5.41) is 9.76. The summed E-state index contributed by atoms with van der Waals surface area (Å²) in [6.45, 7) is 8.77. The predicted molar refractivity (Wildman–Crippen MR) is 90.7 cm³/mol. The van der Waals surface area contributed by atoms with Crippen LogP contribution in [-0.4, -0.2) is 31.2 Å². The number of fused-ring (bicyclic) bond motifs is 1. The number of aldehydes is 1. The van der Waals surface area contributed by atoms with E-state index in [4.69, 9.17) is 4.74 Å². The van der Waals surface area contributed by atoms with E-state index in [9.17, 15) is 9.90 Å². The van der Waals surface area contributed by atoms with Crippen LogP contribution in [0.2, 0.25) is 0 Å². The number of allylic oxidation sites excluding steroid dienone is 2. The van der Waals surface area contributed by atoms with Gasteiger partial charge in [0.15, 0.2) is 0 Å². The largest absolute Gasteiger partial charge is 0.393 e. The standard InChI is InChI=1S/C12H20O.C7H12O2/c1-8-3-5-11-9(2)12(13)6-4-10(11)7-8;1-3-7(6-8)4-5-9-2/h9-13H,1,3-7H2,2H3;3,6H,4-5H2,1-2H3/b;7-3+. The molecule has 0 aromatic carbocycles. The summed E-state index contributed by atoms with van der Waals surface area (Å²) >= 11 is 0. The zero-order chi connectivity index (χ0) is 16.5. The molecule has 4 atom stereocenters. The van der Waals surface area contributed by atoms with Crippen LogP contribution in [0.15, 0.2) is 23.8 Å². The van der Waals surface area contributed by atoms with Crippen LogP contribution in [0.1, 0.15) is 52.4 Å². The Morgan fingerprint density at radius 3 is 2.73 bits per heavy atom. The molecule has 0 radical (unpaired) electrons. The summed E-state index contributed by atoms with van der Waals surface area (Å²) in [4.78, 5) is 10.1. The predicted octanol–water partition coefficient (Wildman–Crippen LogP) is 3.92. The summed E-state index contributed by atoms with van der Waals surface area (Å²) in [7, 11) is 1.62. The molecule has 126 valence electrons. The van der Waals surface area contributed by atoms with Crippen molar-refractivity contribution in [2.45, 2.75) is 58.5 Å². The molecule has 0 spiro atoms. The lowest BCUT2D eigenvalue weighted by Gasteiger charge is -2.43. The molecule has 4 unspecified atom stereocenters. The molecule has 22 heavy (non-hydrogen) atoms. The number of rotatable bonds is 4. The smallest absolute Gasteiger partial charge is 0.145 e. The fourth-order valence-corrected chi connectivity index (χ4v) is 3.66. The molecule has 0 aromatic heterocycles. The third-order valence-corrected chi connectivity index (χ3v) is 5.22. The average Bonchev–Trinajstić information content (AvgIpc) is 2.53. The van der Waals surface area contributed by atoms with Crippen molar-refractivity contribution in [3.63, 3.8) is 0 Å². The van der Waals surface area contributed by atoms with Gasteiger partial charge in [-0.1, -0.05) is 25.2 Å². The Kier molecular flexibility index (Phi) is 8.66. The van der Waals surface area contributed by atoms with Crippen LogP contribution >= 0.6 is 0 Å². The first-order valence-electron chi connectivity index (χ1n) is 8.47. The van der Waals surface area contributed by atoms with Crippen molar-refractivity contribution >= 4 is 6.29 Å². The highest BCUT2D eigenvalue weighted by molar-refractivity contribution is 5.72. The van der Waals surface area contributed by atoms with Crippen LogP contribution in [-0.2, 0) is 9.53 Å². The second-order valence-electron chi connectivity index (χ2n) is 6.64. The Morgan fingerprint density at radius 1 is 1.41 bits per heavy atom. The molecule has 2 aliphatic carbocycles. The Bertz CT molecular complexity index is 386. The highest BCUT2D eigenvalue weighted by Gasteiger charge is 2.37. The monoisotopic (exact) mass is 308 g/mol. The van der Waals surface area contributed by atoms with Gasteiger partial charge in [-0.2, -0.15) is 0 Å². The van der Waals surface area contributed by atoms with Gasteiger partial charge in [0.25, 0.3) is 0 Å². The van der Waals surface area contributed by atoms with Gasteiger partial charge < -0.3 is 9.84 Å². The number of hydrogen-bond acceptors (Lipinski definition) is 3. The number of methoxy groups -OCH3 is 1. The second-order valence-corrected chi connectivity index (χ2v) is 6.64. The molecule has 2 aliphatic rings. The molecule has 3 nitrogen and oxygen atoms in total. The first kappa shape index (κ1) is 19.1. The highest BCUT2D eigenvalue weighted by atomic mass is 16.5. The van der Waals surface area contributed by atoms with Crippen molar-refractivity contribution in [1.82, 2.24) is 0 Å². The normalized spacial score (nSPS) is 31.8. The van der Waals surface area contributed by atoms with E-state index < -0.39 is 0 Å². The van der Waals surface area contributed by atoms with Crippen LogP contribution < -0.4 is 0 Å². The Hall–Kier alpha value is -0.930. The molecule has 3 heteroatoms. The van der Waals surface area contributed by atoms with Crippen LogP contribution in [0.5, 0.6) is 0 Å². The molecule has 1 N–H and O–H groups in total. The molecule has 2 rings (SSSR count). The fourth-order valence-electron chi connectivity index (χ4n) is 3.66. The van der Waals surface area contributed by atoms with Gasteiger partial charge in [-0.15, -0.1) is 0 Å². The Morgan fingerprint density at radius 2 is 2.14 bits per heavy atom. The molecule has 0 heterocycles. The molecule has 2 fully saturated rings. The van der Waals surface area contributed by atoms with Crippen LogP contribution in [0, 0.1) is 17.8 Å². The number of carbonyl (C=O) groups excluding carboxylic acids is 1. The van der Waals surface area contributed by atoms with E-state index in [0.29, 0.717) is 12.5 Å². The van der Waals surface area contributed by atoms with E-state index in [1.54, 1.807) is 13.2 Å². The fraction of sp³-hybridized carbons (Fsp3) is 0.737. The molecular formula is C19H32O3. The van der Waals surface area contributed by atoms with Crippen molar-refractivity contribution < 1.29 is 14.6 Å². The first-order valence-corrected chi connectivity index (χ1v) is 8.47. The minimum absolute atomic E-state index is 0.0346. The Balaban J connectivity index is 0.000000239. The lowest BCUT2D eigenvalue weighted by Crippen LogP contribution is -2.38. The van der Waals surface area contributed by atoms with Crippen LogP contribution in [0.25, 0.3) is 0 Å². The third kappa shape index (κ3) is 5.69. The van der Waals surface area contributed by atoms with E-state index >= 15 is 0 Å². The van der Waals surface area contributed by atoms with Gasteiger partial charge in [-0.25, -0.2) is 0 Å².